The normalized spacial score (nSPS) is 24.7. The summed E-state index contributed by atoms with van der Waals surface area (Å²) in [6.45, 7) is 2.21. The van der Waals surface area contributed by atoms with Crippen LogP contribution in [0.25, 0.3) is 0 Å². The van der Waals surface area contributed by atoms with Gasteiger partial charge in [-0.15, -0.1) is 0 Å². The van der Waals surface area contributed by atoms with Crippen LogP contribution in [0.15, 0.2) is 12.1 Å². The molecule has 2 rings (SSSR count). The molecule has 1 saturated carbocycles. The minimum absolute atomic E-state index is 0.113. The SMILES string of the molecule is CC1CCCC1Nc1cc(Cl)c(F)cc1N. The molecule has 1 aliphatic rings. The van der Waals surface area contributed by atoms with E-state index in [0.717, 1.165) is 12.1 Å². The number of halogens is 2. The molecule has 1 fully saturated rings. The Bertz CT molecular complexity index is 395. The van der Waals surface area contributed by atoms with Gasteiger partial charge in [-0.25, -0.2) is 4.39 Å². The van der Waals surface area contributed by atoms with Crippen molar-refractivity contribution in [2.24, 2.45) is 5.92 Å². The van der Waals surface area contributed by atoms with E-state index in [2.05, 4.69) is 12.2 Å². The average molecular weight is 243 g/mol. The Balaban J connectivity index is 2.18. The third-order valence-corrected chi connectivity index (χ3v) is 3.58. The molecular formula is C12H16ClFN2. The van der Waals surface area contributed by atoms with E-state index in [-0.39, 0.29) is 5.02 Å². The van der Waals surface area contributed by atoms with Crippen molar-refractivity contribution in [2.75, 3.05) is 11.1 Å². The predicted octanol–water partition coefficient (Wildman–Crippen LogP) is 3.66. The molecule has 3 N–H and O–H groups in total. The van der Waals surface area contributed by atoms with E-state index >= 15 is 0 Å². The molecule has 1 aromatic rings. The first kappa shape index (κ1) is 11.5. The number of hydrogen-bond acceptors (Lipinski definition) is 2. The summed E-state index contributed by atoms with van der Waals surface area (Å²) >= 11 is 5.74. The molecule has 0 radical (unpaired) electrons. The maximum atomic E-state index is 13.1. The molecule has 0 saturated heterocycles. The van der Waals surface area contributed by atoms with Crippen molar-refractivity contribution in [1.82, 2.24) is 0 Å². The van der Waals surface area contributed by atoms with Crippen molar-refractivity contribution in [3.8, 4) is 0 Å². The zero-order valence-electron chi connectivity index (χ0n) is 9.26. The molecule has 0 heterocycles. The average Bonchev–Trinajstić information content (AvgIpc) is 2.61. The summed E-state index contributed by atoms with van der Waals surface area (Å²) in [6, 6.07) is 3.26. The first-order valence-corrected chi connectivity index (χ1v) is 5.97. The van der Waals surface area contributed by atoms with Gasteiger partial charge in [-0.1, -0.05) is 24.9 Å². The van der Waals surface area contributed by atoms with Gasteiger partial charge in [0.1, 0.15) is 5.82 Å². The number of anilines is 2. The fraction of sp³-hybridized carbons (Fsp3) is 0.500. The van der Waals surface area contributed by atoms with Crippen LogP contribution in [0.2, 0.25) is 5.02 Å². The van der Waals surface area contributed by atoms with E-state index in [4.69, 9.17) is 17.3 Å². The molecule has 16 heavy (non-hydrogen) atoms. The molecule has 1 aliphatic carbocycles. The van der Waals surface area contributed by atoms with Crippen LogP contribution in [-0.2, 0) is 0 Å². The van der Waals surface area contributed by atoms with Gasteiger partial charge in [0.15, 0.2) is 0 Å². The summed E-state index contributed by atoms with van der Waals surface area (Å²) in [4.78, 5) is 0. The Morgan fingerprint density at radius 1 is 1.44 bits per heavy atom. The number of benzene rings is 1. The minimum Gasteiger partial charge on any atom is -0.397 e. The Kier molecular flexibility index (Phi) is 3.24. The summed E-state index contributed by atoms with van der Waals surface area (Å²) < 4.78 is 13.1. The summed E-state index contributed by atoms with van der Waals surface area (Å²) in [5.41, 5.74) is 6.91. The first-order chi connectivity index (χ1) is 7.58. The molecular weight excluding hydrogens is 227 g/mol. The van der Waals surface area contributed by atoms with Crippen molar-refractivity contribution in [3.05, 3.63) is 23.0 Å². The van der Waals surface area contributed by atoms with Gasteiger partial charge in [0.2, 0.25) is 0 Å². The van der Waals surface area contributed by atoms with Crippen molar-refractivity contribution in [2.45, 2.75) is 32.2 Å². The summed E-state index contributed by atoms with van der Waals surface area (Å²) in [5, 5.41) is 3.46. The highest BCUT2D eigenvalue weighted by molar-refractivity contribution is 6.31. The Labute approximate surface area is 100.0 Å². The third-order valence-electron chi connectivity index (χ3n) is 3.29. The Hall–Kier alpha value is -0.960. The molecule has 88 valence electrons. The zero-order valence-corrected chi connectivity index (χ0v) is 10.0. The van der Waals surface area contributed by atoms with E-state index in [1.54, 1.807) is 6.07 Å². The lowest BCUT2D eigenvalue weighted by molar-refractivity contribution is 0.556. The largest absolute Gasteiger partial charge is 0.397 e. The van der Waals surface area contributed by atoms with Gasteiger partial charge in [0.25, 0.3) is 0 Å². The second-order valence-corrected chi connectivity index (χ2v) is 4.92. The topological polar surface area (TPSA) is 38.0 Å². The van der Waals surface area contributed by atoms with E-state index in [0.29, 0.717) is 17.6 Å². The molecule has 2 unspecified atom stereocenters. The standard InChI is InChI=1S/C12H16ClFN2/c1-7-3-2-4-11(7)16-12-5-8(13)9(14)6-10(12)15/h5-7,11,16H,2-4,15H2,1H3. The highest BCUT2D eigenvalue weighted by Crippen LogP contribution is 2.32. The Morgan fingerprint density at radius 3 is 2.81 bits per heavy atom. The molecule has 0 spiro atoms. The first-order valence-electron chi connectivity index (χ1n) is 5.59. The fourth-order valence-corrected chi connectivity index (χ4v) is 2.41. The van der Waals surface area contributed by atoms with Crippen LogP contribution < -0.4 is 11.1 Å². The quantitative estimate of drug-likeness (QED) is 0.777. The van der Waals surface area contributed by atoms with Gasteiger partial charge in [-0.3, -0.25) is 0 Å². The number of rotatable bonds is 2. The van der Waals surface area contributed by atoms with E-state index < -0.39 is 5.82 Å². The minimum atomic E-state index is -0.468. The van der Waals surface area contributed by atoms with Gasteiger partial charge < -0.3 is 11.1 Å². The monoisotopic (exact) mass is 242 g/mol. The predicted molar refractivity (Wildman–Crippen MR) is 66.2 cm³/mol. The summed E-state index contributed by atoms with van der Waals surface area (Å²) in [5.74, 6) is 0.160. The van der Waals surface area contributed by atoms with Gasteiger partial charge in [0, 0.05) is 12.1 Å². The third kappa shape index (κ3) is 2.24. The molecule has 2 nitrogen and oxygen atoms in total. The van der Waals surface area contributed by atoms with Crippen LogP contribution >= 0.6 is 11.6 Å². The fourth-order valence-electron chi connectivity index (χ4n) is 2.25. The summed E-state index contributed by atoms with van der Waals surface area (Å²) in [6.07, 6.45) is 3.59. The lowest BCUT2D eigenvalue weighted by atomic mass is 10.1. The van der Waals surface area contributed by atoms with Crippen molar-refractivity contribution >= 4 is 23.0 Å². The van der Waals surface area contributed by atoms with Crippen molar-refractivity contribution < 1.29 is 4.39 Å². The summed E-state index contributed by atoms with van der Waals surface area (Å²) in [7, 11) is 0. The lowest BCUT2D eigenvalue weighted by Gasteiger charge is -2.20. The number of nitrogens with one attached hydrogen (secondary N) is 1. The highest BCUT2D eigenvalue weighted by Gasteiger charge is 2.23. The molecule has 0 aromatic heterocycles. The van der Waals surface area contributed by atoms with Crippen LogP contribution in [0.3, 0.4) is 0 Å². The maximum Gasteiger partial charge on any atom is 0.143 e. The van der Waals surface area contributed by atoms with Gasteiger partial charge in [0.05, 0.1) is 16.4 Å². The van der Waals surface area contributed by atoms with E-state index in [1.807, 2.05) is 0 Å². The van der Waals surface area contributed by atoms with Crippen molar-refractivity contribution in [3.63, 3.8) is 0 Å². The van der Waals surface area contributed by atoms with E-state index in [1.165, 1.54) is 18.9 Å². The highest BCUT2D eigenvalue weighted by atomic mass is 35.5. The smallest absolute Gasteiger partial charge is 0.143 e. The van der Waals surface area contributed by atoms with Crippen LogP contribution in [0.4, 0.5) is 15.8 Å². The van der Waals surface area contributed by atoms with Gasteiger partial charge in [-0.2, -0.15) is 0 Å². The lowest BCUT2D eigenvalue weighted by Crippen LogP contribution is -2.22. The van der Waals surface area contributed by atoms with E-state index in [9.17, 15) is 4.39 Å². The Morgan fingerprint density at radius 2 is 2.19 bits per heavy atom. The maximum absolute atomic E-state index is 13.1. The molecule has 0 amide bonds. The van der Waals surface area contributed by atoms with Crippen LogP contribution in [0.1, 0.15) is 26.2 Å². The van der Waals surface area contributed by atoms with Gasteiger partial charge >= 0.3 is 0 Å². The van der Waals surface area contributed by atoms with Crippen LogP contribution in [0, 0.1) is 11.7 Å². The van der Waals surface area contributed by atoms with Gasteiger partial charge in [-0.05, 0) is 24.8 Å². The molecule has 1 aromatic carbocycles. The molecule has 2 atom stereocenters. The number of nitrogens with two attached hydrogens (primary N) is 1. The zero-order chi connectivity index (χ0) is 11.7. The molecule has 0 aliphatic heterocycles. The van der Waals surface area contributed by atoms with Crippen LogP contribution in [-0.4, -0.2) is 6.04 Å². The number of nitrogen functional groups attached to an aromatic ring is 1. The molecule has 0 bridgehead atoms. The second kappa shape index (κ2) is 4.50. The van der Waals surface area contributed by atoms with Crippen LogP contribution in [0.5, 0.6) is 0 Å². The second-order valence-electron chi connectivity index (χ2n) is 4.51. The number of hydrogen-bond donors (Lipinski definition) is 2. The van der Waals surface area contributed by atoms with Crippen molar-refractivity contribution in [1.29, 1.82) is 0 Å². The molecule has 4 heteroatoms.